The van der Waals surface area contributed by atoms with Gasteiger partial charge in [0.2, 0.25) is 12.3 Å². The molecule has 0 radical (unpaired) electrons. The second kappa shape index (κ2) is 15.5. The highest BCUT2D eigenvalue weighted by Gasteiger charge is 2.32. The van der Waals surface area contributed by atoms with Crippen molar-refractivity contribution in [3.8, 4) is 11.3 Å². The molecule has 1 unspecified atom stereocenters. The van der Waals surface area contributed by atoms with Gasteiger partial charge in [0.05, 0.1) is 23.8 Å². The van der Waals surface area contributed by atoms with Crippen LogP contribution in [0.2, 0.25) is 0 Å². The Balaban J connectivity index is 1.64. The van der Waals surface area contributed by atoms with Crippen LogP contribution in [0.3, 0.4) is 0 Å². The fourth-order valence-electron chi connectivity index (χ4n) is 4.35. The Hall–Kier alpha value is -4.21. The lowest BCUT2D eigenvalue weighted by Crippen LogP contribution is -2.43. The molecule has 1 atom stereocenters. The van der Waals surface area contributed by atoms with Crippen LogP contribution >= 0.6 is 0 Å². The quantitative estimate of drug-likeness (QED) is 0.145. The maximum absolute atomic E-state index is 13.5. The first kappa shape index (κ1) is 31.3. The molecule has 10 heteroatoms. The Kier molecular flexibility index (Phi) is 11.9. The molecule has 0 saturated carbocycles. The molecule has 3 rings (SSSR count). The fourth-order valence-corrected chi connectivity index (χ4v) is 4.35. The molecule has 0 spiro atoms. The number of halogens is 3. The maximum Gasteiger partial charge on any atom is 0.416 e. The molecule has 3 aromatic rings. The lowest BCUT2D eigenvalue weighted by Gasteiger charge is -2.24. The number of nitrogens with one attached hydrogen (secondary N) is 2. The van der Waals surface area contributed by atoms with Gasteiger partial charge in [-0.25, -0.2) is 4.98 Å². The first-order valence-corrected chi connectivity index (χ1v) is 13.6. The SMILES string of the molecule is CCCCCC(CN(C=O)CCc1ccccc1)C(=O)NCNC(=O)c1cc(C(F)(F)F)cc(-c2ccccc2)n1. The van der Waals surface area contributed by atoms with E-state index >= 15 is 0 Å². The lowest BCUT2D eigenvalue weighted by molar-refractivity contribution is -0.137. The molecule has 7 nitrogen and oxygen atoms in total. The van der Waals surface area contributed by atoms with Crippen molar-refractivity contribution in [3.63, 3.8) is 0 Å². The number of aromatic nitrogens is 1. The molecule has 0 aliphatic carbocycles. The van der Waals surface area contributed by atoms with E-state index in [0.717, 1.165) is 37.3 Å². The van der Waals surface area contributed by atoms with Gasteiger partial charge in [0, 0.05) is 18.7 Å². The summed E-state index contributed by atoms with van der Waals surface area (Å²) < 4.78 is 40.6. The highest BCUT2D eigenvalue weighted by molar-refractivity contribution is 5.93. The predicted molar refractivity (Wildman–Crippen MR) is 151 cm³/mol. The Morgan fingerprint density at radius 2 is 1.66 bits per heavy atom. The molecule has 0 aliphatic rings. The molecule has 0 fully saturated rings. The minimum Gasteiger partial charge on any atom is -0.344 e. The summed E-state index contributed by atoms with van der Waals surface area (Å²) in [5.74, 6) is -1.71. The van der Waals surface area contributed by atoms with Gasteiger partial charge < -0.3 is 15.5 Å². The summed E-state index contributed by atoms with van der Waals surface area (Å²) in [6.45, 7) is 2.42. The molecule has 0 bridgehead atoms. The summed E-state index contributed by atoms with van der Waals surface area (Å²) in [6, 6.07) is 19.5. The zero-order valence-corrected chi connectivity index (χ0v) is 23.0. The standard InChI is InChI=1S/C31H35F3N4O3/c1-2-3-6-15-25(20-38(22-39)17-16-23-11-7-4-8-12-23)29(40)35-21-36-30(41)28-19-26(31(32,33)34)18-27(37-28)24-13-9-5-10-14-24/h4-5,7-14,18-19,22,25H,2-3,6,15-17,20-21H2,1H3,(H,35,40)(H,36,41). The average Bonchev–Trinajstić information content (AvgIpc) is 2.98. The number of nitrogens with zero attached hydrogens (tertiary/aromatic N) is 2. The molecule has 1 aromatic heterocycles. The molecule has 1 heterocycles. The average molecular weight is 569 g/mol. The lowest BCUT2D eigenvalue weighted by atomic mass is 9.99. The van der Waals surface area contributed by atoms with Gasteiger partial charge >= 0.3 is 6.18 Å². The van der Waals surface area contributed by atoms with Crippen LogP contribution in [0.15, 0.2) is 72.8 Å². The molecular weight excluding hydrogens is 533 g/mol. The van der Waals surface area contributed by atoms with Crippen molar-refractivity contribution in [3.05, 3.63) is 89.6 Å². The smallest absolute Gasteiger partial charge is 0.344 e. The summed E-state index contributed by atoms with van der Waals surface area (Å²) in [4.78, 5) is 43.3. The van der Waals surface area contributed by atoms with Crippen molar-refractivity contribution in [2.24, 2.45) is 5.92 Å². The van der Waals surface area contributed by atoms with Gasteiger partial charge in [0.1, 0.15) is 5.69 Å². The van der Waals surface area contributed by atoms with Gasteiger partial charge in [-0.1, -0.05) is 86.8 Å². The monoisotopic (exact) mass is 568 g/mol. The van der Waals surface area contributed by atoms with Crippen LogP contribution in [-0.2, 0) is 22.2 Å². The zero-order valence-electron chi connectivity index (χ0n) is 23.0. The highest BCUT2D eigenvalue weighted by atomic mass is 19.4. The van der Waals surface area contributed by atoms with Crippen molar-refractivity contribution >= 4 is 18.2 Å². The van der Waals surface area contributed by atoms with E-state index in [1.165, 1.54) is 0 Å². The second-order valence-corrected chi connectivity index (χ2v) is 9.74. The largest absolute Gasteiger partial charge is 0.416 e. The molecule has 2 aromatic carbocycles. The van der Waals surface area contributed by atoms with Gasteiger partial charge in [0.25, 0.3) is 5.91 Å². The minimum atomic E-state index is -4.67. The number of benzene rings is 2. The molecular formula is C31H35F3N4O3. The van der Waals surface area contributed by atoms with E-state index in [-0.39, 0.29) is 24.8 Å². The van der Waals surface area contributed by atoms with Crippen LogP contribution in [0.5, 0.6) is 0 Å². The van der Waals surface area contributed by atoms with Crippen LogP contribution in [0.25, 0.3) is 11.3 Å². The Morgan fingerprint density at radius 1 is 0.976 bits per heavy atom. The van der Waals surface area contributed by atoms with Gasteiger partial charge in [-0.05, 0) is 30.5 Å². The van der Waals surface area contributed by atoms with E-state index < -0.39 is 29.3 Å². The summed E-state index contributed by atoms with van der Waals surface area (Å²) >= 11 is 0. The van der Waals surface area contributed by atoms with E-state index in [0.29, 0.717) is 31.0 Å². The Morgan fingerprint density at radius 3 is 2.29 bits per heavy atom. The third-order valence-corrected chi connectivity index (χ3v) is 6.63. The van der Waals surface area contributed by atoms with Crippen LogP contribution in [0.4, 0.5) is 13.2 Å². The van der Waals surface area contributed by atoms with E-state index in [9.17, 15) is 27.6 Å². The molecule has 2 N–H and O–H groups in total. The molecule has 3 amide bonds. The van der Waals surface area contributed by atoms with Gasteiger partial charge in [-0.3, -0.25) is 14.4 Å². The van der Waals surface area contributed by atoms with Crippen molar-refractivity contribution in [2.45, 2.75) is 45.2 Å². The number of hydrogen-bond acceptors (Lipinski definition) is 4. The maximum atomic E-state index is 13.5. The van der Waals surface area contributed by atoms with E-state index in [2.05, 4.69) is 15.6 Å². The fraction of sp³-hybridized carbons (Fsp3) is 0.355. The van der Waals surface area contributed by atoms with Crippen molar-refractivity contribution < 1.29 is 27.6 Å². The summed E-state index contributed by atoms with van der Waals surface area (Å²) in [5, 5.41) is 5.08. The van der Waals surface area contributed by atoms with Crippen molar-refractivity contribution in [1.82, 2.24) is 20.5 Å². The molecule has 41 heavy (non-hydrogen) atoms. The number of carbonyl (C=O) groups excluding carboxylic acids is 3. The molecule has 0 saturated heterocycles. The first-order valence-electron chi connectivity index (χ1n) is 13.6. The Bertz CT molecular complexity index is 1270. The first-order chi connectivity index (χ1) is 19.7. The van der Waals surface area contributed by atoms with E-state index in [4.69, 9.17) is 0 Å². The number of unbranched alkanes of at least 4 members (excludes halogenated alkanes) is 2. The number of alkyl halides is 3. The highest BCUT2D eigenvalue weighted by Crippen LogP contribution is 2.32. The zero-order chi connectivity index (χ0) is 29.7. The van der Waals surface area contributed by atoms with Crippen molar-refractivity contribution in [2.75, 3.05) is 19.8 Å². The molecule has 218 valence electrons. The third-order valence-electron chi connectivity index (χ3n) is 6.63. The van der Waals surface area contributed by atoms with Crippen LogP contribution in [0, 0.1) is 5.92 Å². The second-order valence-electron chi connectivity index (χ2n) is 9.74. The number of rotatable bonds is 15. The van der Waals surface area contributed by atoms with Gasteiger partial charge in [0.15, 0.2) is 0 Å². The van der Waals surface area contributed by atoms with Gasteiger partial charge in [-0.2, -0.15) is 13.2 Å². The van der Waals surface area contributed by atoms with Crippen LogP contribution < -0.4 is 10.6 Å². The number of amides is 3. The third kappa shape index (κ3) is 10.0. The normalized spacial score (nSPS) is 11.9. The number of pyridine rings is 1. The van der Waals surface area contributed by atoms with Crippen LogP contribution in [0.1, 0.15) is 54.2 Å². The minimum absolute atomic E-state index is 0.00931. The predicted octanol–water partition coefficient (Wildman–Crippen LogP) is 5.47. The van der Waals surface area contributed by atoms with E-state index in [1.54, 1.807) is 35.2 Å². The summed E-state index contributed by atoms with van der Waals surface area (Å²) in [6.07, 6.45) is -0.0578. The Labute approximate surface area is 238 Å². The molecule has 0 aliphatic heterocycles. The number of hydrogen-bond donors (Lipinski definition) is 2. The van der Waals surface area contributed by atoms with Crippen LogP contribution in [-0.4, -0.2) is 47.9 Å². The van der Waals surface area contributed by atoms with Crippen molar-refractivity contribution in [1.29, 1.82) is 0 Å². The summed E-state index contributed by atoms with van der Waals surface area (Å²) in [7, 11) is 0. The van der Waals surface area contributed by atoms with E-state index in [1.807, 2.05) is 37.3 Å². The van der Waals surface area contributed by atoms with Gasteiger partial charge in [-0.15, -0.1) is 0 Å². The number of carbonyl (C=O) groups is 3. The summed E-state index contributed by atoms with van der Waals surface area (Å²) in [5.41, 5.74) is 0.104. The topological polar surface area (TPSA) is 91.4 Å².